The number of hydrogen-bond donors (Lipinski definition) is 3. The number of carboxylic acids is 1. The molecule has 0 saturated heterocycles. The number of carboxylic acid groups (broad SMARTS) is 1. The lowest BCUT2D eigenvalue weighted by molar-refractivity contribution is -0.137. The minimum Gasteiger partial charge on any atom is -0.481 e. The van der Waals surface area contributed by atoms with Crippen molar-refractivity contribution in [3.05, 3.63) is 0 Å². The van der Waals surface area contributed by atoms with Crippen LogP contribution in [0.1, 0.15) is 26.2 Å². The van der Waals surface area contributed by atoms with Gasteiger partial charge in [-0.25, -0.2) is 13.1 Å². The van der Waals surface area contributed by atoms with E-state index in [0.29, 0.717) is 6.42 Å². The highest BCUT2D eigenvalue weighted by molar-refractivity contribution is 7.89. The first-order valence-corrected chi connectivity index (χ1v) is 6.48. The van der Waals surface area contributed by atoms with Gasteiger partial charge in [-0.1, -0.05) is 6.92 Å². The fourth-order valence-electron chi connectivity index (χ4n) is 1.02. The van der Waals surface area contributed by atoms with E-state index in [-0.39, 0.29) is 31.2 Å². The monoisotopic (exact) mass is 238 g/mol. The second kappa shape index (κ2) is 6.76. The van der Waals surface area contributed by atoms with E-state index in [0.717, 1.165) is 0 Å². The lowest BCUT2D eigenvalue weighted by Gasteiger charge is -2.14. The second-order valence-corrected chi connectivity index (χ2v) is 5.15. The van der Waals surface area contributed by atoms with Gasteiger partial charge in [-0.3, -0.25) is 4.79 Å². The largest absolute Gasteiger partial charge is 0.481 e. The molecule has 15 heavy (non-hydrogen) atoms. The van der Waals surface area contributed by atoms with Crippen molar-refractivity contribution in [2.45, 2.75) is 32.2 Å². The van der Waals surface area contributed by atoms with Crippen LogP contribution in [0.4, 0.5) is 0 Å². The van der Waals surface area contributed by atoms with Crippen LogP contribution in [-0.2, 0) is 14.8 Å². The molecule has 0 amide bonds. The fraction of sp³-hybridized carbons (Fsp3) is 0.875. The summed E-state index contributed by atoms with van der Waals surface area (Å²) in [4.78, 5) is 10.2. The van der Waals surface area contributed by atoms with Crippen LogP contribution in [0.3, 0.4) is 0 Å². The predicted octanol–water partition coefficient (Wildman–Crippen LogP) is -0.492. The van der Waals surface area contributed by atoms with Gasteiger partial charge in [0.25, 0.3) is 0 Å². The van der Waals surface area contributed by atoms with Crippen molar-refractivity contribution >= 4 is 16.0 Å². The minimum absolute atomic E-state index is 0.117. The molecule has 0 aromatic heterocycles. The van der Waals surface area contributed by atoms with E-state index in [1.807, 2.05) is 6.92 Å². The molecule has 0 heterocycles. The number of sulfonamides is 1. The molecule has 4 N–H and O–H groups in total. The van der Waals surface area contributed by atoms with Crippen LogP contribution in [-0.4, -0.2) is 37.8 Å². The van der Waals surface area contributed by atoms with Crippen molar-refractivity contribution in [3.8, 4) is 0 Å². The third kappa shape index (κ3) is 7.29. The third-order valence-corrected chi connectivity index (χ3v) is 3.45. The second-order valence-electron chi connectivity index (χ2n) is 3.27. The van der Waals surface area contributed by atoms with Crippen LogP contribution in [0, 0.1) is 0 Å². The smallest absolute Gasteiger partial charge is 0.303 e. The first kappa shape index (κ1) is 14.3. The van der Waals surface area contributed by atoms with Gasteiger partial charge in [0.2, 0.25) is 10.0 Å². The molecule has 0 aliphatic rings. The van der Waals surface area contributed by atoms with Crippen molar-refractivity contribution in [2.24, 2.45) is 5.73 Å². The number of hydrogen-bond acceptors (Lipinski definition) is 4. The Hall–Kier alpha value is -0.660. The number of nitrogens with one attached hydrogen (secondary N) is 1. The lowest BCUT2D eigenvalue weighted by Crippen LogP contribution is -2.40. The maximum absolute atomic E-state index is 11.4. The summed E-state index contributed by atoms with van der Waals surface area (Å²) in [6.45, 7) is 2.08. The summed E-state index contributed by atoms with van der Waals surface area (Å²) in [6.07, 6.45) is 0.598. The van der Waals surface area contributed by atoms with E-state index < -0.39 is 16.0 Å². The van der Waals surface area contributed by atoms with Gasteiger partial charge in [0.1, 0.15) is 0 Å². The van der Waals surface area contributed by atoms with Gasteiger partial charge in [-0.2, -0.15) is 0 Å². The van der Waals surface area contributed by atoms with E-state index in [2.05, 4.69) is 4.72 Å². The van der Waals surface area contributed by atoms with Gasteiger partial charge in [-0.05, 0) is 12.8 Å². The van der Waals surface area contributed by atoms with E-state index >= 15 is 0 Å². The standard InChI is InChI=1S/C8H18N2O4S/c1-2-7(6-9)10-15(13,14)5-3-4-8(11)12/h7,10H,2-6,9H2,1H3,(H,11,12). The Morgan fingerprint density at radius 2 is 2.13 bits per heavy atom. The highest BCUT2D eigenvalue weighted by Gasteiger charge is 2.15. The van der Waals surface area contributed by atoms with Crippen molar-refractivity contribution in [1.82, 2.24) is 4.72 Å². The summed E-state index contributed by atoms with van der Waals surface area (Å²) in [5, 5.41) is 8.35. The van der Waals surface area contributed by atoms with Crippen molar-refractivity contribution in [1.29, 1.82) is 0 Å². The average Bonchev–Trinajstić information content (AvgIpc) is 2.13. The molecule has 1 unspecified atom stereocenters. The summed E-state index contributed by atoms with van der Waals surface area (Å²) >= 11 is 0. The maximum atomic E-state index is 11.4. The van der Waals surface area contributed by atoms with E-state index in [4.69, 9.17) is 10.8 Å². The molecule has 1 atom stereocenters. The molecule has 0 aromatic carbocycles. The molecule has 0 aliphatic carbocycles. The average molecular weight is 238 g/mol. The van der Waals surface area contributed by atoms with Gasteiger partial charge < -0.3 is 10.8 Å². The number of nitrogens with two attached hydrogens (primary N) is 1. The van der Waals surface area contributed by atoms with Crippen molar-refractivity contribution in [2.75, 3.05) is 12.3 Å². The Bertz CT molecular complexity index is 285. The first-order chi connectivity index (χ1) is 6.91. The highest BCUT2D eigenvalue weighted by atomic mass is 32.2. The summed E-state index contributed by atoms with van der Waals surface area (Å²) in [5.41, 5.74) is 5.35. The fourth-order valence-corrected chi connectivity index (χ4v) is 2.44. The topological polar surface area (TPSA) is 109 Å². The van der Waals surface area contributed by atoms with E-state index in [1.54, 1.807) is 0 Å². The predicted molar refractivity (Wildman–Crippen MR) is 56.9 cm³/mol. The SMILES string of the molecule is CCC(CN)NS(=O)(=O)CCCC(=O)O. The Morgan fingerprint density at radius 3 is 2.53 bits per heavy atom. The Kier molecular flexibility index (Phi) is 6.46. The Morgan fingerprint density at radius 1 is 1.53 bits per heavy atom. The number of carbonyl (C=O) groups is 1. The summed E-state index contributed by atoms with van der Waals surface area (Å²) in [6, 6.07) is -0.264. The molecule has 0 aromatic rings. The van der Waals surface area contributed by atoms with Gasteiger partial charge in [0.05, 0.1) is 5.75 Å². The first-order valence-electron chi connectivity index (χ1n) is 4.83. The van der Waals surface area contributed by atoms with E-state index in [1.165, 1.54) is 0 Å². The van der Waals surface area contributed by atoms with Crippen LogP contribution in [0.5, 0.6) is 0 Å². The van der Waals surface area contributed by atoms with E-state index in [9.17, 15) is 13.2 Å². The van der Waals surface area contributed by atoms with Gasteiger partial charge in [0.15, 0.2) is 0 Å². The highest BCUT2D eigenvalue weighted by Crippen LogP contribution is 1.98. The molecular formula is C8H18N2O4S. The molecule has 0 spiro atoms. The number of aliphatic carboxylic acids is 1. The van der Waals surface area contributed by atoms with Crippen molar-refractivity contribution < 1.29 is 18.3 Å². The third-order valence-electron chi connectivity index (χ3n) is 1.93. The van der Waals surface area contributed by atoms with Gasteiger partial charge in [-0.15, -0.1) is 0 Å². The minimum atomic E-state index is -3.39. The maximum Gasteiger partial charge on any atom is 0.303 e. The molecule has 0 rings (SSSR count). The van der Waals surface area contributed by atoms with Crippen LogP contribution in [0.2, 0.25) is 0 Å². The molecule has 0 fully saturated rings. The zero-order valence-corrected chi connectivity index (χ0v) is 9.59. The molecule has 0 radical (unpaired) electrons. The summed E-state index contributed by atoms with van der Waals surface area (Å²) in [5.74, 6) is -1.16. The molecule has 0 aliphatic heterocycles. The Labute approximate surface area is 89.9 Å². The van der Waals surface area contributed by atoms with Crippen LogP contribution >= 0.6 is 0 Å². The van der Waals surface area contributed by atoms with Gasteiger partial charge >= 0.3 is 5.97 Å². The Balaban J connectivity index is 4.02. The van der Waals surface area contributed by atoms with Crippen LogP contribution in [0.25, 0.3) is 0 Å². The normalized spacial score (nSPS) is 13.7. The summed E-state index contributed by atoms with van der Waals surface area (Å²) < 4.78 is 25.2. The zero-order valence-electron chi connectivity index (χ0n) is 8.77. The molecule has 0 bridgehead atoms. The van der Waals surface area contributed by atoms with Crippen LogP contribution in [0.15, 0.2) is 0 Å². The molecule has 0 saturated carbocycles. The molecule has 6 nitrogen and oxygen atoms in total. The number of rotatable bonds is 8. The van der Waals surface area contributed by atoms with Gasteiger partial charge in [0, 0.05) is 19.0 Å². The lowest BCUT2D eigenvalue weighted by atomic mass is 10.2. The van der Waals surface area contributed by atoms with Crippen molar-refractivity contribution in [3.63, 3.8) is 0 Å². The molecule has 90 valence electrons. The molecule has 7 heteroatoms. The van der Waals surface area contributed by atoms with Crippen LogP contribution < -0.4 is 10.5 Å². The summed E-state index contributed by atoms with van der Waals surface area (Å²) in [7, 11) is -3.39. The molecular weight excluding hydrogens is 220 g/mol. The quantitative estimate of drug-likeness (QED) is 0.528. The zero-order chi connectivity index (χ0) is 11.9.